The first-order valence-electron chi connectivity index (χ1n) is 11.9. The highest BCUT2D eigenvalue weighted by atomic mass is 16.5. The van der Waals surface area contributed by atoms with Crippen LogP contribution in [0.3, 0.4) is 0 Å². The van der Waals surface area contributed by atoms with Gasteiger partial charge in [0.2, 0.25) is 0 Å². The molecule has 0 bridgehead atoms. The van der Waals surface area contributed by atoms with E-state index in [9.17, 15) is 4.79 Å². The van der Waals surface area contributed by atoms with Gasteiger partial charge in [-0.05, 0) is 97.1 Å². The zero-order valence-electron chi connectivity index (χ0n) is 21.2. The van der Waals surface area contributed by atoms with Crippen molar-refractivity contribution in [3.05, 3.63) is 83.4 Å². The van der Waals surface area contributed by atoms with Gasteiger partial charge < -0.3 is 20.1 Å². The van der Waals surface area contributed by atoms with E-state index in [2.05, 4.69) is 19.2 Å². The van der Waals surface area contributed by atoms with E-state index in [4.69, 9.17) is 14.8 Å². The Kier molecular flexibility index (Phi) is 9.04. The Balaban J connectivity index is 1.80. The van der Waals surface area contributed by atoms with E-state index in [0.717, 1.165) is 46.1 Å². The highest BCUT2D eigenvalue weighted by Gasteiger charge is 2.14. The predicted molar refractivity (Wildman–Crippen MR) is 145 cm³/mol. The van der Waals surface area contributed by atoms with Gasteiger partial charge in [-0.2, -0.15) is 0 Å². The summed E-state index contributed by atoms with van der Waals surface area (Å²) in [7, 11) is 3.94. The standard InChI is InChI=1S/C29H35N3O3/c1-6-20(2)28(22-9-14-26(15-10-22)35-18-17-33)31-27-16-11-24(19-21(27)3)30-29(34)23-7-12-25(13-8-23)32(4)5/h7-16,19-20,33H,6,17-18H2,1-5H3,(H,30,34). The lowest BCUT2D eigenvalue weighted by atomic mass is 9.95. The second kappa shape index (κ2) is 12.2. The molecule has 0 aromatic heterocycles. The molecule has 0 saturated heterocycles. The Hall–Kier alpha value is -3.64. The molecule has 0 aliphatic rings. The zero-order chi connectivity index (χ0) is 25.4. The van der Waals surface area contributed by atoms with Gasteiger partial charge in [-0.3, -0.25) is 9.79 Å². The van der Waals surface area contributed by atoms with Crippen molar-refractivity contribution < 1.29 is 14.6 Å². The minimum atomic E-state index is -0.144. The number of benzene rings is 3. The Morgan fingerprint density at radius 1 is 1.03 bits per heavy atom. The Morgan fingerprint density at radius 2 is 1.69 bits per heavy atom. The SMILES string of the molecule is CCC(C)C(=Nc1ccc(NC(=O)c2ccc(N(C)C)cc2)cc1C)c1ccc(OCCO)cc1. The summed E-state index contributed by atoms with van der Waals surface area (Å²) in [5, 5.41) is 11.9. The van der Waals surface area contributed by atoms with Gasteiger partial charge in [-0.15, -0.1) is 0 Å². The summed E-state index contributed by atoms with van der Waals surface area (Å²) in [6.45, 7) is 6.57. The number of nitrogens with zero attached hydrogens (tertiary/aromatic N) is 2. The number of carbonyl (C=O) groups excluding carboxylic acids is 1. The number of hydrogen-bond acceptors (Lipinski definition) is 5. The van der Waals surface area contributed by atoms with E-state index in [1.54, 1.807) is 0 Å². The predicted octanol–water partition coefficient (Wildman–Crippen LogP) is 5.85. The van der Waals surface area contributed by atoms with Crippen molar-refractivity contribution in [2.75, 3.05) is 37.5 Å². The molecule has 2 N–H and O–H groups in total. The van der Waals surface area contributed by atoms with Crippen LogP contribution >= 0.6 is 0 Å². The highest BCUT2D eigenvalue weighted by Crippen LogP contribution is 2.27. The molecule has 1 unspecified atom stereocenters. The number of aliphatic hydroxyl groups is 1. The first-order chi connectivity index (χ1) is 16.8. The second-order valence-electron chi connectivity index (χ2n) is 8.80. The van der Waals surface area contributed by atoms with Gasteiger partial charge in [0.05, 0.1) is 18.0 Å². The molecule has 0 heterocycles. The number of nitrogens with one attached hydrogen (secondary N) is 1. The van der Waals surface area contributed by atoms with Gasteiger partial charge in [0.1, 0.15) is 12.4 Å². The monoisotopic (exact) mass is 473 g/mol. The summed E-state index contributed by atoms with van der Waals surface area (Å²) in [5.41, 5.74) is 6.28. The maximum atomic E-state index is 12.7. The van der Waals surface area contributed by atoms with Crippen molar-refractivity contribution in [2.45, 2.75) is 27.2 Å². The van der Waals surface area contributed by atoms with Gasteiger partial charge in [-0.1, -0.05) is 13.8 Å². The van der Waals surface area contributed by atoms with Gasteiger partial charge in [0, 0.05) is 31.0 Å². The normalized spacial score (nSPS) is 12.2. The highest BCUT2D eigenvalue weighted by molar-refractivity contribution is 6.05. The number of hydrogen-bond donors (Lipinski definition) is 2. The number of rotatable bonds is 10. The largest absolute Gasteiger partial charge is 0.491 e. The third-order valence-electron chi connectivity index (χ3n) is 5.93. The molecule has 3 aromatic rings. The Morgan fingerprint density at radius 3 is 2.26 bits per heavy atom. The smallest absolute Gasteiger partial charge is 0.255 e. The maximum Gasteiger partial charge on any atom is 0.255 e. The van der Waals surface area contributed by atoms with E-state index in [0.29, 0.717) is 5.56 Å². The number of ether oxygens (including phenoxy) is 1. The molecule has 1 atom stereocenters. The molecule has 35 heavy (non-hydrogen) atoms. The average molecular weight is 474 g/mol. The van der Waals surface area contributed by atoms with E-state index < -0.39 is 0 Å². The summed E-state index contributed by atoms with van der Waals surface area (Å²) in [4.78, 5) is 19.7. The Bertz CT molecular complexity index is 1150. The molecular formula is C29H35N3O3. The van der Waals surface area contributed by atoms with E-state index in [-0.39, 0.29) is 25.0 Å². The number of aliphatic imine (C=N–C) groups is 1. The van der Waals surface area contributed by atoms with Crippen molar-refractivity contribution in [1.82, 2.24) is 0 Å². The summed E-state index contributed by atoms with van der Waals surface area (Å²) in [6, 6.07) is 21.1. The molecule has 0 radical (unpaired) electrons. The van der Waals surface area contributed by atoms with Crippen molar-refractivity contribution in [2.24, 2.45) is 10.9 Å². The fourth-order valence-corrected chi connectivity index (χ4v) is 3.64. The first kappa shape index (κ1) is 26.0. The average Bonchev–Trinajstić information content (AvgIpc) is 2.87. The Labute approximate surface area is 208 Å². The molecule has 0 aliphatic heterocycles. The summed E-state index contributed by atoms with van der Waals surface area (Å²) in [5.74, 6) is 0.844. The molecule has 6 heteroatoms. The van der Waals surface area contributed by atoms with Crippen molar-refractivity contribution in [3.8, 4) is 5.75 Å². The van der Waals surface area contributed by atoms with Gasteiger partial charge in [0.15, 0.2) is 0 Å². The molecule has 1 amide bonds. The van der Waals surface area contributed by atoms with Crippen LogP contribution in [-0.4, -0.2) is 44.0 Å². The molecule has 184 valence electrons. The van der Waals surface area contributed by atoms with E-state index in [1.165, 1.54) is 0 Å². The molecular weight excluding hydrogens is 438 g/mol. The lowest BCUT2D eigenvalue weighted by molar-refractivity contribution is 0.102. The minimum absolute atomic E-state index is 0.0141. The minimum Gasteiger partial charge on any atom is -0.491 e. The number of carbonyl (C=O) groups is 1. The fourth-order valence-electron chi connectivity index (χ4n) is 3.64. The van der Waals surface area contributed by atoms with Crippen molar-refractivity contribution in [3.63, 3.8) is 0 Å². The van der Waals surface area contributed by atoms with Crippen LogP contribution in [0.1, 0.15) is 41.8 Å². The maximum absolute atomic E-state index is 12.7. The topological polar surface area (TPSA) is 74.2 Å². The van der Waals surface area contributed by atoms with Crippen LogP contribution in [0.4, 0.5) is 17.1 Å². The van der Waals surface area contributed by atoms with Gasteiger partial charge >= 0.3 is 0 Å². The molecule has 0 aliphatic carbocycles. The van der Waals surface area contributed by atoms with Crippen LogP contribution in [-0.2, 0) is 0 Å². The van der Waals surface area contributed by atoms with Crippen LogP contribution in [0, 0.1) is 12.8 Å². The third kappa shape index (κ3) is 6.93. The van der Waals surface area contributed by atoms with Crippen LogP contribution in [0.25, 0.3) is 0 Å². The van der Waals surface area contributed by atoms with Crippen LogP contribution < -0.4 is 15.0 Å². The summed E-state index contributed by atoms with van der Waals surface area (Å²) in [6.07, 6.45) is 0.960. The second-order valence-corrected chi connectivity index (χ2v) is 8.80. The lowest BCUT2D eigenvalue weighted by Gasteiger charge is -2.16. The number of aliphatic hydroxyl groups excluding tert-OH is 1. The molecule has 6 nitrogen and oxygen atoms in total. The number of aryl methyl sites for hydroxylation is 1. The van der Waals surface area contributed by atoms with Crippen LogP contribution in [0.2, 0.25) is 0 Å². The number of amides is 1. The molecule has 3 aromatic carbocycles. The molecule has 0 spiro atoms. The van der Waals surface area contributed by atoms with Crippen LogP contribution in [0.15, 0.2) is 71.7 Å². The van der Waals surface area contributed by atoms with Crippen molar-refractivity contribution in [1.29, 1.82) is 0 Å². The van der Waals surface area contributed by atoms with Crippen LogP contribution in [0.5, 0.6) is 5.75 Å². The summed E-state index contributed by atoms with van der Waals surface area (Å²) >= 11 is 0. The molecule has 0 saturated carbocycles. The van der Waals surface area contributed by atoms with E-state index >= 15 is 0 Å². The van der Waals surface area contributed by atoms with Crippen molar-refractivity contribution >= 4 is 28.7 Å². The van der Waals surface area contributed by atoms with E-state index in [1.807, 2.05) is 92.6 Å². The molecule has 0 fully saturated rings. The van der Waals surface area contributed by atoms with Gasteiger partial charge in [-0.25, -0.2) is 0 Å². The first-order valence-corrected chi connectivity index (χ1v) is 11.9. The van der Waals surface area contributed by atoms with Gasteiger partial charge in [0.25, 0.3) is 5.91 Å². The summed E-state index contributed by atoms with van der Waals surface area (Å²) < 4.78 is 5.48. The lowest BCUT2D eigenvalue weighted by Crippen LogP contribution is -2.13. The number of anilines is 2. The fraction of sp³-hybridized carbons (Fsp3) is 0.310. The zero-order valence-corrected chi connectivity index (χ0v) is 21.2. The third-order valence-corrected chi connectivity index (χ3v) is 5.93. The molecule has 3 rings (SSSR count). The quantitative estimate of drug-likeness (QED) is 0.362.